The maximum absolute atomic E-state index is 12.5. The molecule has 2 aromatic carbocycles. The normalized spacial score (nSPS) is 10.4. The van der Waals surface area contributed by atoms with Gasteiger partial charge in [0.1, 0.15) is 11.5 Å². The van der Waals surface area contributed by atoms with Crippen LogP contribution in [0.25, 0.3) is 0 Å². The minimum absolute atomic E-state index is 0.277. The van der Waals surface area contributed by atoms with E-state index in [1.807, 2.05) is 24.3 Å². The van der Waals surface area contributed by atoms with Gasteiger partial charge in [0.15, 0.2) is 5.13 Å². The van der Waals surface area contributed by atoms with E-state index in [4.69, 9.17) is 21.1 Å². The zero-order chi connectivity index (χ0) is 18.5. The maximum Gasteiger partial charge on any atom is 0.257 e. The van der Waals surface area contributed by atoms with Crippen LogP contribution in [0.5, 0.6) is 11.5 Å². The second kappa shape index (κ2) is 8.21. The van der Waals surface area contributed by atoms with Crippen LogP contribution in [-0.4, -0.2) is 25.1 Å². The van der Waals surface area contributed by atoms with Crippen molar-refractivity contribution >= 4 is 34.0 Å². The second-order valence-electron chi connectivity index (χ2n) is 5.46. The summed E-state index contributed by atoms with van der Waals surface area (Å²) in [6.45, 7) is 0. The first-order valence-corrected chi connectivity index (χ1v) is 9.01. The summed E-state index contributed by atoms with van der Waals surface area (Å²) in [5.74, 6) is 0.821. The van der Waals surface area contributed by atoms with E-state index >= 15 is 0 Å². The third-order valence-electron chi connectivity index (χ3n) is 3.71. The minimum atomic E-state index is -0.277. The van der Waals surface area contributed by atoms with Crippen molar-refractivity contribution in [3.05, 3.63) is 69.7 Å². The van der Waals surface area contributed by atoms with Gasteiger partial charge >= 0.3 is 0 Å². The van der Waals surface area contributed by atoms with Crippen molar-refractivity contribution in [1.82, 2.24) is 4.98 Å². The number of nitrogens with zero attached hydrogens (tertiary/aromatic N) is 1. The Balaban J connectivity index is 1.73. The molecular formula is C19H17ClN2O3S. The van der Waals surface area contributed by atoms with Crippen molar-refractivity contribution in [2.75, 3.05) is 19.5 Å². The molecule has 1 aromatic heterocycles. The molecule has 3 rings (SSSR count). The average Bonchev–Trinajstić information content (AvgIpc) is 3.10. The van der Waals surface area contributed by atoms with Gasteiger partial charge in [-0.05, 0) is 23.8 Å². The predicted octanol–water partition coefficient (Wildman–Crippen LogP) is 4.66. The van der Waals surface area contributed by atoms with Crippen molar-refractivity contribution in [3.8, 4) is 11.5 Å². The van der Waals surface area contributed by atoms with Gasteiger partial charge in [-0.25, -0.2) is 4.98 Å². The quantitative estimate of drug-likeness (QED) is 0.667. The van der Waals surface area contributed by atoms with Crippen molar-refractivity contribution < 1.29 is 14.3 Å². The van der Waals surface area contributed by atoms with Gasteiger partial charge in [0, 0.05) is 34.1 Å². The monoisotopic (exact) mass is 388 g/mol. The lowest BCUT2D eigenvalue weighted by molar-refractivity contribution is 0.102. The van der Waals surface area contributed by atoms with Crippen LogP contribution in [0, 0.1) is 0 Å². The number of benzene rings is 2. The molecule has 0 unspecified atom stereocenters. The topological polar surface area (TPSA) is 60.5 Å². The highest BCUT2D eigenvalue weighted by molar-refractivity contribution is 7.15. The number of carbonyl (C=O) groups excluding carboxylic acids is 1. The summed E-state index contributed by atoms with van der Waals surface area (Å²) in [5, 5.41) is 4.05. The summed E-state index contributed by atoms with van der Waals surface area (Å²) in [6, 6.07) is 12.7. The van der Waals surface area contributed by atoms with Gasteiger partial charge in [0.2, 0.25) is 0 Å². The molecule has 3 aromatic rings. The van der Waals surface area contributed by atoms with Crippen molar-refractivity contribution in [2.24, 2.45) is 0 Å². The molecule has 0 spiro atoms. The van der Waals surface area contributed by atoms with Gasteiger partial charge in [0.05, 0.1) is 14.2 Å². The Morgan fingerprint density at radius 1 is 1.15 bits per heavy atom. The van der Waals surface area contributed by atoms with E-state index in [1.165, 1.54) is 25.6 Å². The summed E-state index contributed by atoms with van der Waals surface area (Å²) in [5.41, 5.74) is 1.46. The van der Waals surface area contributed by atoms with Crippen LogP contribution in [0.2, 0.25) is 5.02 Å². The van der Waals surface area contributed by atoms with Gasteiger partial charge in [-0.15, -0.1) is 11.3 Å². The standard InChI is InChI=1S/C19H17ClN2O3S/c1-24-14-7-13(8-15(10-14)25-2)18(23)22-19-21-11-16(26-19)9-12-5-3-4-6-17(12)20/h3-8,10-11H,9H2,1-2H3,(H,21,22,23). The molecule has 134 valence electrons. The van der Waals surface area contributed by atoms with Crippen LogP contribution < -0.4 is 14.8 Å². The number of aromatic nitrogens is 1. The van der Waals surface area contributed by atoms with E-state index in [9.17, 15) is 4.79 Å². The Labute approximate surface area is 160 Å². The Morgan fingerprint density at radius 2 is 1.85 bits per heavy atom. The number of hydrogen-bond donors (Lipinski definition) is 1. The first-order chi connectivity index (χ1) is 12.6. The lowest BCUT2D eigenvalue weighted by atomic mass is 10.1. The molecular weight excluding hydrogens is 372 g/mol. The molecule has 0 radical (unpaired) electrons. The number of hydrogen-bond acceptors (Lipinski definition) is 5. The number of halogens is 1. The zero-order valence-corrected chi connectivity index (χ0v) is 15.9. The Morgan fingerprint density at radius 3 is 2.50 bits per heavy atom. The van der Waals surface area contributed by atoms with Crippen LogP contribution >= 0.6 is 22.9 Å². The summed E-state index contributed by atoms with van der Waals surface area (Å²) < 4.78 is 10.4. The van der Waals surface area contributed by atoms with E-state index in [0.29, 0.717) is 28.6 Å². The average molecular weight is 389 g/mol. The van der Waals surface area contributed by atoms with Crippen molar-refractivity contribution in [2.45, 2.75) is 6.42 Å². The summed E-state index contributed by atoms with van der Waals surface area (Å²) in [7, 11) is 3.08. The third-order valence-corrected chi connectivity index (χ3v) is 4.99. The lowest BCUT2D eigenvalue weighted by Crippen LogP contribution is -2.11. The second-order valence-corrected chi connectivity index (χ2v) is 6.98. The zero-order valence-electron chi connectivity index (χ0n) is 14.3. The highest BCUT2D eigenvalue weighted by Gasteiger charge is 2.13. The smallest absolute Gasteiger partial charge is 0.257 e. The summed E-state index contributed by atoms with van der Waals surface area (Å²) >= 11 is 7.61. The van der Waals surface area contributed by atoms with Gasteiger partial charge in [0.25, 0.3) is 5.91 Å². The SMILES string of the molecule is COc1cc(OC)cc(C(=O)Nc2ncc(Cc3ccccc3Cl)s2)c1. The first kappa shape index (κ1) is 18.2. The van der Waals surface area contributed by atoms with Gasteiger partial charge in [-0.1, -0.05) is 29.8 Å². The number of anilines is 1. The largest absolute Gasteiger partial charge is 0.497 e. The van der Waals surface area contributed by atoms with E-state index in [2.05, 4.69) is 10.3 Å². The van der Waals surface area contributed by atoms with Gasteiger partial charge < -0.3 is 9.47 Å². The van der Waals surface area contributed by atoms with Crippen molar-refractivity contribution in [1.29, 1.82) is 0 Å². The third kappa shape index (κ3) is 4.33. The summed E-state index contributed by atoms with van der Waals surface area (Å²) in [6.07, 6.45) is 2.41. The van der Waals surface area contributed by atoms with Crippen molar-refractivity contribution in [3.63, 3.8) is 0 Å². The molecule has 5 nitrogen and oxygen atoms in total. The highest BCUT2D eigenvalue weighted by atomic mass is 35.5. The van der Waals surface area contributed by atoms with Gasteiger partial charge in [-0.2, -0.15) is 0 Å². The predicted molar refractivity (Wildman–Crippen MR) is 104 cm³/mol. The molecule has 1 heterocycles. The molecule has 0 fully saturated rings. The summed E-state index contributed by atoms with van der Waals surface area (Å²) in [4.78, 5) is 17.8. The molecule has 1 N–H and O–H groups in total. The van der Waals surface area contributed by atoms with Crippen LogP contribution in [0.15, 0.2) is 48.7 Å². The fourth-order valence-electron chi connectivity index (χ4n) is 2.38. The molecule has 7 heteroatoms. The number of carbonyl (C=O) groups is 1. The molecule has 26 heavy (non-hydrogen) atoms. The maximum atomic E-state index is 12.5. The number of amides is 1. The molecule has 0 saturated carbocycles. The lowest BCUT2D eigenvalue weighted by Gasteiger charge is -2.08. The Bertz CT molecular complexity index is 904. The Hall–Kier alpha value is -2.57. The number of thiazole rings is 1. The van der Waals surface area contributed by atoms with E-state index in [0.717, 1.165) is 15.5 Å². The van der Waals surface area contributed by atoms with E-state index < -0.39 is 0 Å². The molecule has 0 bridgehead atoms. The minimum Gasteiger partial charge on any atom is -0.497 e. The molecule has 1 amide bonds. The number of rotatable bonds is 6. The molecule has 0 aliphatic heterocycles. The molecule has 0 saturated heterocycles. The number of methoxy groups -OCH3 is 2. The van der Waals surface area contributed by atoms with Crippen LogP contribution in [-0.2, 0) is 6.42 Å². The van der Waals surface area contributed by atoms with E-state index in [1.54, 1.807) is 24.4 Å². The van der Waals surface area contributed by atoms with E-state index in [-0.39, 0.29) is 5.91 Å². The van der Waals surface area contributed by atoms with Crippen LogP contribution in [0.1, 0.15) is 20.8 Å². The number of nitrogens with one attached hydrogen (secondary N) is 1. The fourth-order valence-corrected chi connectivity index (χ4v) is 3.42. The van der Waals surface area contributed by atoms with Gasteiger partial charge in [-0.3, -0.25) is 10.1 Å². The van der Waals surface area contributed by atoms with Crippen LogP contribution in [0.4, 0.5) is 5.13 Å². The first-order valence-electron chi connectivity index (χ1n) is 7.81. The molecule has 0 aliphatic rings. The Kier molecular flexibility index (Phi) is 5.75. The molecule has 0 aliphatic carbocycles. The number of ether oxygens (including phenoxy) is 2. The van der Waals surface area contributed by atoms with Crippen LogP contribution in [0.3, 0.4) is 0 Å². The fraction of sp³-hybridized carbons (Fsp3) is 0.158. The highest BCUT2D eigenvalue weighted by Crippen LogP contribution is 2.26. The molecule has 0 atom stereocenters.